The second-order valence-electron chi connectivity index (χ2n) is 7.52. The summed E-state index contributed by atoms with van der Waals surface area (Å²) in [5.41, 5.74) is 15.0. The van der Waals surface area contributed by atoms with Crippen molar-refractivity contribution in [3.63, 3.8) is 0 Å². The quantitative estimate of drug-likeness (QED) is 0.639. The number of hydrogen-bond acceptors (Lipinski definition) is 6. The normalized spacial score (nSPS) is 17.9. The van der Waals surface area contributed by atoms with Crippen molar-refractivity contribution in [3.05, 3.63) is 113 Å². The highest BCUT2D eigenvalue weighted by Gasteiger charge is 2.39. The first kappa shape index (κ1) is 19.9. The number of benzene rings is 3. The monoisotopic (exact) mass is 424 g/mol. The van der Waals surface area contributed by atoms with Crippen LogP contribution in [-0.2, 0) is 4.74 Å². The zero-order valence-corrected chi connectivity index (χ0v) is 17.9. The number of methoxy groups -OCH3 is 2. The lowest BCUT2D eigenvalue weighted by molar-refractivity contribution is 0.145. The van der Waals surface area contributed by atoms with E-state index in [0.29, 0.717) is 11.7 Å². The second-order valence-corrected chi connectivity index (χ2v) is 7.52. The third-order valence-electron chi connectivity index (χ3n) is 5.69. The van der Waals surface area contributed by atoms with Crippen LogP contribution in [0.1, 0.15) is 22.7 Å². The van der Waals surface area contributed by atoms with Gasteiger partial charge in [0.05, 0.1) is 25.8 Å². The van der Waals surface area contributed by atoms with Gasteiger partial charge in [0, 0.05) is 5.57 Å². The highest BCUT2D eigenvalue weighted by atomic mass is 16.5. The molecular weight excluding hydrogens is 400 g/mol. The van der Waals surface area contributed by atoms with Crippen LogP contribution in [0.5, 0.6) is 5.75 Å². The van der Waals surface area contributed by atoms with Crippen molar-refractivity contribution in [1.82, 2.24) is 10.4 Å². The van der Waals surface area contributed by atoms with Gasteiger partial charge in [0.1, 0.15) is 11.6 Å². The van der Waals surface area contributed by atoms with Gasteiger partial charge in [0.15, 0.2) is 5.82 Å². The lowest BCUT2D eigenvalue weighted by atomic mass is 9.94. The molecule has 2 aliphatic heterocycles. The first-order valence-electron chi connectivity index (χ1n) is 10.4. The van der Waals surface area contributed by atoms with Gasteiger partial charge in [0.25, 0.3) is 0 Å². The summed E-state index contributed by atoms with van der Waals surface area (Å²) in [5.74, 6) is 2.51. The van der Waals surface area contributed by atoms with E-state index in [-0.39, 0.29) is 6.04 Å². The Bertz CT molecular complexity index is 1220. The van der Waals surface area contributed by atoms with E-state index in [1.165, 1.54) is 0 Å². The molecule has 0 bridgehead atoms. The number of nitrogens with zero attached hydrogens (tertiary/aromatic N) is 2. The fourth-order valence-corrected chi connectivity index (χ4v) is 4.18. The van der Waals surface area contributed by atoms with Crippen molar-refractivity contribution in [2.24, 2.45) is 10.7 Å². The maximum atomic E-state index is 6.52. The molecule has 3 aromatic carbocycles. The number of nitrogens with one attached hydrogen (secondary N) is 1. The molecule has 0 saturated carbocycles. The summed E-state index contributed by atoms with van der Waals surface area (Å²) in [7, 11) is 3.29. The summed E-state index contributed by atoms with van der Waals surface area (Å²) in [4.78, 5) is 4.84. The highest BCUT2D eigenvalue weighted by molar-refractivity contribution is 6.23. The largest absolute Gasteiger partial charge is 0.497 e. The van der Waals surface area contributed by atoms with E-state index in [2.05, 4.69) is 29.7 Å². The molecule has 0 amide bonds. The fraction of sp³-hybridized carbons (Fsp3) is 0.115. The zero-order valence-electron chi connectivity index (χ0n) is 17.9. The molecule has 0 radical (unpaired) electrons. The Hall–Kier alpha value is -4.03. The number of rotatable bonds is 5. The summed E-state index contributed by atoms with van der Waals surface area (Å²) in [6.07, 6.45) is 0. The SMILES string of the molecule is COC1=C(c2ccc(OC)cc2)C(N)=NC2=C(c3ccccc3)C(c3ccccc3)NN21. The summed E-state index contributed by atoms with van der Waals surface area (Å²) >= 11 is 0. The Labute approximate surface area is 187 Å². The molecular formula is C26H24N4O2. The van der Waals surface area contributed by atoms with Gasteiger partial charge >= 0.3 is 0 Å². The van der Waals surface area contributed by atoms with Gasteiger partial charge in [0.2, 0.25) is 5.88 Å². The van der Waals surface area contributed by atoms with Crippen molar-refractivity contribution >= 4 is 17.0 Å². The number of fused-ring (bicyclic) bond motifs is 1. The molecule has 160 valence electrons. The minimum Gasteiger partial charge on any atom is -0.497 e. The average Bonchev–Trinajstić information content (AvgIpc) is 3.23. The molecule has 2 aliphatic rings. The first-order chi connectivity index (χ1) is 15.7. The van der Waals surface area contributed by atoms with Crippen LogP contribution in [0.2, 0.25) is 0 Å². The minimum atomic E-state index is -0.106. The van der Waals surface area contributed by atoms with Gasteiger partial charge in [-0.25, -0.2) is 15.4 Å². The van der Waals surface area contributed by atoms with E-state index in [9.17, 15) is 0 Å². The predicted octanol–water partition coefficient (Wildman–Crippen LogP) is 4.31. The topological polar surface area (TPSA) is 72.1 Å². The van der Waals surface area contributed by atoms with Crippen molar-refractivity contribution in [1.29, 1.82) is 0 Å². The van der Waals surface area contributed by atoms with Gasteiger partial charge in [-0.05, 0) is 28.8 Å². The van der Waals surface area contributed by atoms with E-state index < -0.39 is 0 Å². The van der Waals surface area contributed by atoms with E-state index in [4.69, 9.17) is 20.2 Å². The standard InChI is InChI=1S/C26H24N4O2/c1-31-20-15-13-18(14-16-20)22-24(27)28-25-21(17-9-5-3-6-10-17)23(19-11-7-4-8-12-19)29-30(25)26(22)32-2/h3-16,23,29H,1-2H3,(H2,27,28). The van der Waals surface area contributed by atoms with E-state index in [1.54, 1.807) is 14.2 Å². The van der Waals surface area contributed by atoms with Gasteiger partial charge in [-0.1, -0.05) is 72.8 Å². The Kier molecular flexibility index (Phi) is 5.13. The summed E-state index contributed by atoms with van der Waals surface area (Å²) < 4.78 is 11.2. The van der Waals surface area contributed by atoms with Crippen molar-refractivity contribution in [3.8, 4) is 5.75 Å². The molecule has 0 spiro atoms. The highest BCUT2D eigenvalue weighted by Crippen LogP contribution is 2.44. The second kappa shape index (κ2) is 8.24. The maximum Gasteiger partial charge on any atom is 0.221 e. The van der Waals surface area contributed by atoms with E-state index in [1.807, 2.05) is 65.7 Å². The minimum absolute atomic E-state index is 0.106. The van der Waals surface area contributed by atoms with Crippen LogP contribution in [0, 0.1) is 0 Å². The smallest absolute Gasteiger partial charge is 0.221 e. The van der Waals surface area contributed by atoms with Crippen LogP contribution in [0.25, 0.3) is 11.1 Å². The number of hydrogen-bond donors (Lipinski definition) is 2. The molecule has 6 nitrogen and oxygen atoms in total. The summed E-state index contributed by atoms with van der Waals surface area (Å²) in [6, 6.07) is 28.1. The van der Waals surface area contributed by atoms with Gasteiger partial charge < -0.3 is 15.2 Å². The Morgan fingerprint density at radius 1 is 0.812 bits per heavy atom. The lowest BCUT2D eigenvalue weighted by Crippen LogP contribution is -2.38. The third-order valence-corrected chi connectivity index (χ3v) is 5.69. The van der Waals surface area contributed by atoms with Gasteiger partial charge in [-0.15, -0.1) is 0 Å². The van der Waals surface area contributed by atoms with Crippen molar-refractivity contribution in [2.45, 2.75) is 6.04 Å². The number of aliphatic imine (C=N–C) groups is 1. The molecule has 1 unspecified atom stereocenters. The van der Waals surface area contributed by atoms with Crippen molar-refractivity contribution < 1.29 is 9.47 Å². The average molecular weight is 425 g/mol. The summed E-state index contributed by atoms with van der Waals surface area (Å²) in [5, 5.41) is 1.90. The van der Waals surface area contributed by atoms with Crippen molar-refractivity contribution in [2.75, 3.05) is 14.2 Å². The predicted molar refractivity (Wildman–Crippen MR) is 126 cm³/mol. The van der Waals surface area contributed by atoms with Gasteiger partial charge in [-0.2, -0.15) is 0 Å². The molecule has 1 atom stereocenters. The molecule has 2 heterocycles. The molecule has 5 rings (SSSR count). The van der Waals surface area contributed by atoms with Crippen LogP contribution < -0.4 is 15.9 Å². The van der Waals surface area contributed by atoms with Crippen LogP contribution in [-0.4, -0.2) is 25.1 Å². The Morgan fingerprint density at radius 2 is 1.47 bits per heavy atom. The van der Waals surface area contributed by atoms with Crippen LogP contribution in [0.4, 0.5) is 0 Å². The van der Waals surface area contributed by atoms with E-state index in [0.717, 1.165) is 39.4 Å². The van der Waals surface area contributed by atoms with Gasteiger partial charge in [-0.3, -0.25) is 0 Å². The summed E-state index contributed by atoms with van der Waals surface area (Å²) in [6.45, 7) is 0. The number of ether oxygens (including phenoxy) is 2. The fourth-order valence-electron chi connectivity index (χ4n) is 4.18. The molecule has 6 heteroatoms. The molecule has 0 aliphatic carbocycles. The number of nitrogens with two attached hydrogens (primary N) is 1. The maximum absolute atomic E-state index is 6.52. The van der Waals surface area contributed by atoms with E-state index >= 15 is 0 Å². The molecule has 32 heavy (non-hydrogen) atoms. The van der Waals surface area contributed by atoms with Crippen LogP contribution >= 0.6 is 0 Å². The first-order valence-corrected chi connectivity index (χ1v) is 10.4. The molecule has 3 aromatic rings. The molecule has 3 N–H and O–H groups in total. The number of hydrazine groups is 1. The Morgan fingerprint density at radius 3 is 2.09 bits per heavy atom. The number of amidine groups is 1. The Balaban J connectivity index is 1.68. The molecule has 0 saturated heterocycles. The molecule has 0 fully saturated rings. The zero-order chi connectivity index (χ0) is 22.1. The molecule has 0 aromatic heterocycles. The third kappa shape index (κ3) is 3.31. The van der Waals surface area contributed by atoms with Crippen LogP contribution in [0.15, 0.2) is 102 Å². The van der Waals surface area contributed by atoms with Crippen LogP contribution in [0.3, 0.4) is 0 Å². The lowest BCUT2D eigenvalue weighted by Gasteiger charge is -2.29.